The smallest absolute Gasteiger partial charge is 0.306 e. The molecule has 1 fully saturated rings. The summed E-state index contributed by atoms with van der Waals surface area (Å²) in [6, 6.07) is 0. The summed E-state index contributed by atoms with van der Waals surface area (Å²) in [5, 5.41) is 9.24. The van der Waals surface area contributed by atoms with Crippen molar-refractivity contribution in [2.45, 2.75) is 46.5 Å². The van der Waals surface area contributed by atoms with Crippen molar-refractivity contribution >= 4 is 5.97 Å². The standard InChI is InChI=1S/C15H24O2/c1-9-4-6-12-10(2)5-7-13(14(12)8-9)11(3)15(16)17/h8,10-14H,4-7H2,1-3H3,(H,16,17)/t10-,11?,12?,13?,14?/m1/s1/i1+1. The van der Waals surface area contributed by atoms with Gasteiger partial charge >= 0.3 is 5.97 Å². The Bertz CT molecular complexity index is 332. The quantitative estimate of drug-likeness (QED) is 0.587. The highest BCUT2D eigenvalue weighted by atomic mass is 16.4. The Kier molecular flexibility index (Phi) is 3.60. The summed E-state index contributed by atoms with van der Waals surface area (Å²) in [7, 11) is 0. The maximum absolute atomic E-state index is 11.2. The molecule has 1 N–H and O–H groups in total. The predicted molar refractivity (Wildman–Crippen MR) is 68.7 cm³/mol. The van der Waals surface area contributed by atoms with Gasteiger partial charge in [0.05, 0.1) is 5.92 Å². The van der Waals surface area contributed by atoms with Crippen molar-refractivity contribution in [3.8, 4) is 0 Å². The van der Waals surface area contributed by atoms with Crippen LogP contribution in [0.15, 0.2) is 11.6 Å². The van der Waals surface area contributed by atoms with Crippen LogP contribution in [0.1, 0.15) is 46.5 Å². The number of carboxylic acids is 1. The molecule has 2 aliphatic rings. The van der Waals surface area contributed by atoms with Gasteiger partial charge in [-0.1, -0.05) is 31.9 Å². The largest absolute Gasteiger partial charge is 0.481 e. The van der Waals surface area contributed by atoms with Crippen LogP contribution in [-0.4, -0.2) is 11.1 Å². The van der Waals surface area contributed by atoms with Crippen LogP contribution >= 0.6 is 0 Å². The Morgan fingerprint density at radius 2 is 2.12 bits per heavy atom. The van der Waals surface area contributed by atoms with E-state index in [1.54, 1.807) is 0 Å². The number of carboxylic acid groups (broad SMARTS) is 1. The molecule has 0 radical (unpaired) electrons. The van der Waals surface area contributed by atoms with E-state index < -0.39 is 5.97 Å². The molecule has 2 rings (SSSR count). The molecule has 0 aromatic carbocycles. The molecule has 0 bridgehead atoms. The summed E-state index contributed by atoms with van der Waals surface area (Å²) in [4.78, 5) is 11.2. The van der Waals surface area contributed by atoms with Gasteiger partial charge in [-0.15, -0.1) is 0 Å². The number of rotatable bonds is 2. The monoisotopic (exact) mass is 237 g/mol. The molecule has 1 saturated carbocycles. The lowest BCUT2D eigenvalue weighted by Gasteiger charge is -2.44. The fraction of sp³-hybridized carbons (Fsp3) is 0.800. The number of hydrogen-bond donors (Lipinski definition) is 1. The highest BCUT2D eigenvalue weighted by Crippen LogP contribution is 2.47. The summed E-state index contributed by atoms with van der Waals surface area (Å²) in [6.45, 7) is 6.42. The van der Waals surface area contributed by atoms with E-state index in [1.807, 2.05) is 6.92 Å². The zero-order valence-corrected chi connectivity index (χ0v) is 11.1. The minimum atomic E-state index is -0.625. The van der Waals surface area contributed by atoms with Crippen LogP contribution in [0, 0.1) is 29.6 Å². The van der Waals surface area contributed by atoms with Crippen LogP contribution < -0.4 is 0 Å². The normalized spacial score (nSPS) is 39.1. The van der Waals surface area contributed by atoms with Crippen LogP contribution in [-0.2, 0) is 4.79 Å². The summed E-state index contributed by atoms with van der Waals surface area (Å²) in [6.07, 6.45) is 7.14. The zero-order chi connectivity index (χ0) is 12.6. The Balaban J connectivity index is 2.22. The van der Waals surface area contributed by atoms with Gasteiger partial charge in [-0.25, -0.2) is 0 Å². The molecule has 0 spiro atoms. The lowest BCUT2D eigenvalue weighted by atomic mass is 9.60. The lowest BCUT2D eigenvalue weighted by molar-refractivity contribution is -0.144. The van der Waals surface area contributed by atoms with Gasteiger partial charge in [0.25, 0.3) is 0 Å². The third-order valence-electron chi connectivity index (χ3n) is 5.06. The van der Waals surface area contributed by atoms with Crippen LogP contribution in [0.2, 0.25) is 0 Å². The van der Waals surface area contributed by atoms with Crippen LogP contribution in [0.3, 0.4) is 0 Å². The average Bonchev–Trinajstić information content (AvgIpc) is 2.28. The maximum atomic E-state index is 11.2. The van der Waals surface area contributed by atoms with E-state index in [2.05, 4.69) is 19.9 Å². The van der Waals surface area contributed by atoms with Gasteiger partial charge in [0.1, 0.15) is 0 Å². The summed E-state index contributed by atoms with van der Waals surface area (Å²) < 4.78 is 0. The van der Waals surface area contributed by atoms with Gasteiger partial charge in [0, 0.05) is 0 Å². The Morgan fingerprint density at radius 1 is 1.41 bits per heavy atom. The van der Waals surface area contributed by atoms with E-state index in [0.717, 1.165) is 18.3 Å². The van der Waals surface area contributed by atoms with Crippen molar-refractivity contribution in [1.29, 1.82) is 0 Å². The number of hydrogen-bond acceptors (Lipinski definition) is 1. The first-order valence-electron chi connectivity index (χ1n) is 6.90. The first kappa shape index (κ1) is 12.7. The predicted octanol–water partition coefficient (Wildman–Crippen LogP) is 3.73. The highest BCUT2D eigenvalue weighted by Gasteiger charge is 2.41. The molecule has 2 nitrogen and oxygen atoms in total. The van der Waals surface area contributed by atoms with Crippen molar-refractivity contribution in [2.75, 3.05) is 0 Å². The fourth-order valence-corrected chi connectivity index (χ4v) is 3.86. The molecule has 2 aliphatic carbocycles. The Hall–Kier alpha value is -0.790. The third kappa shape index (κ3) is 2.41. The SMILES string of the molecule is CC(C(=O)O)C1CC[C@@H](C)C2CCC([13CH3])=CC12. The topological polar surface area (TPSA) is 37.3 Å². The van der Waals surface area contributed by atoms with E-state index in [1.165, 1.54) is 24.8 Å². The van der Waals surface area contributed by atoms with Gasteiger partial charge in [-0.2, -0.15) is 0 Å². The molecule has 5 atom stereocenters. The minimum Gasteiger partial charge on any atom is -0.481 e. The molecule has 17 heavy (non-hydrogen) atoms. The second kappa shape index (κ2) is 4.83. The van der Waals surface area contributed by atoms with Crippen molar-refractivity contribution < 1.29 is 9.90 Å². The lowest BCUT2D eigenvalue weighted by Crippen LogP contribution is -2.39. The van der Waals surface area contributed by atoms with E-state index in [9.17, 15) is 9.90 Å². The molecule has 2 heteroatoms. The third-order valence-corrected chi connectivity index (χ3v) is 5.06. The maximum Gasteiger partial charge on any atom is 0.306 e. The van der Waals surface area contributed by atoms with Crippen LogP contribution in [0.4, 0.5) is 0 Å². The molecule has 0 amide bonds. The van der Waals surface area contributed by atoms with E-state index in [0.29, 0.717) is 11.8 Å². The van der Waals surface area contributed by atoms with Gasteiger partial charge in [0.15, 0.2) is 0 Å². The highest BCUT2D eigenvalue weighted by molar-refractivity contribution is 5.70. The fourth-order valence-electron chi connectivity index (χ4n) is 3.86. The second-order valence-electron chi connectivity index (χ2n) is 6.14. The molecule has 4 unspecified atom stereocenters. The van der Waals surface area contributed by atoms with Gasteiger partial charge < -0.3 is 5.11 Å². The first-order valence-corrected chi connectivity index (χ1v) is 6.90. The number of aliphatic carboxylic acids is 1. The first-order chi connectivity index (χ1) is 8.00. The van der Waals surface area contributed by atoms with Crippen molar-refractivity contribution in [1.82, 2.24) is 0 Å². The van der Waals surface area contributed by atoms with E-state index in [4.69, 9.17) is 0 Å². The van der Waals surface area contributed by atoms with E-state index in [-0.39, 0.29) is 5.92 Å². The molecule has 0 saturated heterocycles. The van der Waals surface area contributed by atoms with E-state index >= 15 is 0 Å². The van der Waals surface area contributed by atoms with Gasteiger partial charge in [0.2, 0.25) is 0 Å². The van der Waals surface area contributed by atoms with Crippen molar-refractivity contribution in [3.05, 3.63) is 11.6 Å². The number of carbonyl (C=O) groups is 1. The summed E-state index contributed by atoms with van der Waals surface area (Å²) >= 11 is 0. The van der Waals surface area contributed by atoms with Crippen molar-refractivity contribution in [2.24, 2.45) is 29.6 Å². The zero-order valence-electron chi connectivity index (χ0n) is 11.1. The second-order valence-corrected chi connectivity index (χ2v) is 6.14. The average molecular weight is 237 g/mol. The molecule has 0 heterocycles. The Labute approximate surface area is 104 Å². The number of allylic oxidation sites excluding steroid dienone is 2. The Morgan fingerprint density at radius 3 is 2.76 bits per heavy atom. The molecular weight excluding hydrogens is 213 g/mol. The molecule has 0 aromatic heterocycles. The summed E-state index contributed by atoms with van der Waals surface area (Å²) in [5.74, 6) is 1.53. The summed E-state index contributed by atoms with van der Waals surface area (Å²) in [5.41, 5.74) is 1.46. The number of fused-ring (bicyclic) bond motifs is 1. The van der Waals surface area contributed by atoms with Crippen LogP contribution in [0.5, 0.6) is 0 Å². The molecule has 0 aromatic rings. The molecule has 0 aliphatic heterocycles. The van der Waals surface area contributed by atoms with Crippen LogP contribution in [0.25, 0.3) is 0 Å². The van der Waals surface area contributed by atoms with Gasteiger partial charge in [-0.05, 0) is 49.9 Å². The molecular formula is C15H24O2. The molecule has 96 valence electrons. The minimum absolute atomic E-state index is 0.197. The van der Waals surface area contributed by atoms with Crippen molar-refractivity contribution in [3.63, 3.8) is 0 Å². The van der Waals surface area contributed by atoms with Gasteiger partial charge in [-0.3, -0.25) is 4.79 Å².